The van der Waals surface area contributed by atoms with E-state index in [1.54, 1.807) is 0 Å². The number of fused-ring (bicyclic) bond motifs is 1. The predicted molar refractivity (Wildman–Crippen MR) is 71.9 cm³/mol. The van der Waals surface area contributed by atoms with Crippen LogP contribution in [0.25, 0.3) is 10.8 Å². The third-order valence-electron chi connectivity index (χ3n) is 2.35. The molecule has 0 radical (unpaired) electrons. The molecule has 5 nitrogen and oxygen atoms in total. The van der Waals surface area contributed by atoms with Gasteiger partial charge < -0.3 is 5.73 Å². The Kier molecular flexibility index (Phi) is 3.22. The number of rotatable bonds is 2. The number of nitrogens with two attached hydrogens (primary N) is 1. The molecule has 0 atom stereocenters. The number of benzene rings is 1. The second kappa shape index (κ2) is 4.54. The maximum atomic E-state index is 13.8. The number of aromatic nitrogens is 1. The number of thiocarbonyl (C=S) groups is 1. The molecule has 1 aromatic carbocycles. The number of nitro groups is 1. The first kappa shape index (κ1) is 12.8. The van der Waals surface area contributed by atoms with E-state index < -0.39 is 10.7 Å². The second-order valence-corrected chi connectivity index (χ2v) is 4.69. The molecule has 0 fully saturated rings. The summed E-state index contributed by atoms with van der Waals surface area (Å²) < 4.78 is 14.1. The lowest BCUT2D eigenvalue weighted by atomic mass is 10.1. The lowest BCUT2D eigenvalue weighted by Gasteiger charge is -2.07. The van der Waals surface area contributed by atoms with Crippen LogP contribution in [0.2, 0.25) is 0 Å². The van der Waals surface area contributed by atoms with Crippen molar-refractivity contribution in [3.63, 3.8) is 0 Å². The molecular weight excluding hydrogens is 325 g/mol. The Morgan fingerprint density at radius 2 is 2.17 bits per heavy atom. The van der Waals surface area contributed by atoms with Gasteiger partial charge in [0, 0.05) is 22.1 Å². The Hall–Kier alpha value is -1.67. The van der Waals surface area contributed by atoms with Crippen molar-refractivity contribution in [2.75, 3.05) is 0 Å². The zero-order chi connectivity index (χ0) is 13.4. The molecule has 0 saturated carbocycles. The second-order valence-electron chi connectivity index (χ2n) is 3.39. The van der Waals surface area contributed by atoms with Crippen LogP contribution < -0.4 is 5.73 Å². The zero-order valence-electron chi connectivity index (χ0n) is 8.68. The first-order valence-electron chi connectivity index (χ1n) is 4.64. The summed E-state index contributed by atoms with van der Waals surface area (Å²) in [6.07, 6.45) is 1.31. The van der Waals surface area contributed by atoms with Crippen LogP contribution in [0.15, 0.2) is 22.8 Å². The van der Waals surface area contributed by atoms with E-state index in [-0.39, 0.29) is 27.1 Å². The Labute approximate surface area is 114 Å². The quantitative estimate of drug-likeness (QED) is 0.520. The van der Waals surface area contributed by atoms with Gasteiger partial charge in [0.1, 0.15) is 16.5 Å². The average Bonchev–Trinajstić information content (AvgIpc) is 2.28. The van der Waals surface area contributed by atoms with Gasteiger partial charge in [-0.1, -0.05) is 12.2 Å². The minimum Gasteiger partial charge on any atom is -0.388 e. The first-order valence-corrected chi connectivity index (χ1v) is 5.84. The molecule has 0 spiro atoms. The van der Waals surface area contributed by atoms with Crippen molar-refractivity contribution < 1.29 is 9.31 Å². The summed E-state index contributed by atoms with van der Waals surface area (Å²) in [6, 6.07) is 2.09. The molecule has 18 heavy (non-hydrogen) atoms. The van der Waals surface area contributed by atoms with Crippen LogP contribution in [0.5, 0.6) is 0 Å². The summed E-state index contributed by atoms with van der Waals surface area (Å²) in [5.74, 6) is -0.609. The summed E-state index contributed by atoms with van der Waals surface area (Å²) in [7, 11) is 0. The molecule has 8 heteroatoms. The van der Waals surface area contributed by atoms with E-state index in [0.29, 0.717) is 4.47 Å². The van der Waals surface area contributed by atoms with Crippen LogP contribution >= 0.6 is 28.1 Å². The maximum Gasteiger partial charge on any atom is 0.279 e. The van der Waals surface area contributed by atoms with Crippen molar-refractivity contribution in [3.05, 3.63) is 44.4 Å². The number of pyridine rings is 1. The van der Waals surface area contributed by atoms with Gasteiger partial charge in [-0.05, 0) is 22.0 Å². The normalized spacial score (nSPS) is 10.6. The fourth-order valence-electron chi connectivity index (χ4n) is 1.63. The number of hydrogen-bond acceptors (Lipinski definition) is 4. The Bertz CT molecular complexity index is 638. The third kappa shape index (κ3) is 1.93. The highest BCUT2D eigenvalue weighted by molar-refractivity contribution is 9.10. The largest absolute Gasteiger partial charge is 0.388 e. The third-order valence-corrected chi connectivity index (χ3v) is 3.14. The van der Waals surface area contributed by atoms with Crippen molar-refractivity contribution in [2.45, 2.75) is 0 Å². The van der Waals surface area contributed by atoms with Gasteiger partial charge in [-0.15, -0.1) is 0 Å². The SMILES string of the molecule is NC(=S)c1ncc(Br)c2c(F)ccc([N+](=O)[O-])c12. The fourth-order valence-corrected chi connectivity index (χ4v) is 2.27. The zero-order valence-corrected chi connectivity index (χ0v) is 11.1. The molecule has 0 aliphatic heterocycles. The number of nitro benzene ring substituents is 1. The standard InChI is InChI=1S/C10H5BrFN3O2S/c11-4-3-14-9(10(13)18)8-6(15(16)17)2-1-5(12)7(4)8/h1-3H,(H2,13,18). The molecule has 0 aliphatic carbocycles. The lowest BCUT2D eigenvalue weighted by molar-refractivity contribution is -0.383. The van der Waals surface area contributed by atoms with Gasteiger partial charge in [-0.25, -0.2) is 4.39 Å². The van der Waals surface area contributed by atoms with Crippen molar-refractivity contribution >= 4 is 49.6 Å². The Balaban J connectivity index is 3.06. The molecule has 0 bridgehead atoms. The molecule has 0 unspecified atom stereocenters. The average molecular weight is 330 g/mol. The summed E-state index contributed by atoms with van der Waals surface area (Å²) in [5, 5.41) is 11.0. The van der Waals surface area contributed by atoms with Crippen LogP contribution in [-0.4, -0.2) is 14.9 Å². The van der Waals surface area contributed by atoms with Gasteiger partial charge in [-0.2, -0.15) is 0 Å². The minimum atomic E-state index is -0.627. The summed E-state index contributed by atoms with van der Waals surface area (Å²) in [5.41, 5.74) is 5.21. The molecular formula is C10H5BrFN3O2S. The molecule has 0 amide bonds. The van der Waals surface area contributed by atoms with Gasteiger partial charge in [0.05, 0.1) is 10.3 Å². The number of non-ortho nitro benzene ring substituents is 1. The highest BCUT2D eigenvalue weighted by Gasteiger charge is 2.22. The van der Waals surface area contributed by atoms with E-state index in [4.69, 9.17) is 18.0 Å². The number of hydrogen-bond donors (Lipinski definition) is 1. The van der Waals surface area contributed by atoms with Crippen molar-refractivity contribution in [1.82, 2.24) is 4.98 Å². The molecule has 0 aliphatic rings. The smallest absolute Gasteiger partial charge is 0.279 e. The van der Waals surface area contributed by atoms with E-state index in [2.05, 4.69) is 20.9 Å². The summed E-state index contributed by atoms with van der Waals surface area (Å²) >= 11 is 7.88. The van der Waals surface area contributed by atoms with Crippen LogP contribution in [0.4, 0.5) is 10.1 Å². The molecule has 2 aromatic rings. The van der Waals surface area contributed by atoms with E-state index in [1.807, 2.05) is 0 Å². The van der Waals surface area contributed by atoms with Crippen LogP contribution in [-0.2, 0) is 0 Å². The van der Waals surface area contributed by atoms with Gasteiger partial charge in [0.25, 0.3) is 5.69 Å². The highest BCUT2D eigenvalue weighted by Crippen LogP contribution is 2.34. The van der Waals surface area contributed by atoms with Gasteiger partial charge in [-0.3, -0.25) is 15.1 Å². The Morgan fingerprint density at radius 3 is 2.72 bits per heavy atom. The Morgan fingerprint density at radius 1 is 1.50 bits per heavy atom. The highest BCUT2D eigenvalue weighted by atomic mass is 79.9. The maximum absolute atomic E-state index is 13.8. The first-order chi connectivity index (χ1) is 8.43. The van der Waals surface area contributed by atoms with E-state index in [9.17, 15) is 14.5 Å². The molecule has 2 rings (SSSR count). The topological polar surface area (TPSA) is 82.0 Å². The monoisotopic (exact) mass is 329 g/mol. The van der Waals surface area contributed by atoms with E-state index in [1.165, 1.54) is 6.20 Å². The lowest BCUT2D eigenvalue weighted by Crippen LogP contribution is -2.13. The summed E-state index contributed by atoms with van der Waals surface area (Å²) in [4.78, 5) is 14.1. The number of halogens is 2. The van der Waals surface area contributed by atoms with Crippen LogP contribution in [0.1, 0.15) is 5.69 Å². The minimum absolute atomic E-state index is 0.00174. The van der Waals surface area contributed by atoms with Crippen LogP contribution in [0.3, 0.4) is 0 Å². The van der Waals surface area contributed by atoms with E-state index >= 15 is 0 Å². The molecule has 2 N–H and O–H groups in total. The van der Waals surface area contributed by atoms with Crippen molar-refractivity contribution in [2.24, 2.45) is 5.73 Å². The van der Waals surface area contributed by atoms with Crippen molar-refractivity contribution in [3.8, 4) is 0 Å². The van der Waals surface area contributed by atoms with E-state index in [0.717, 1.165) is 12.1 Å². The van der Waals surface area contributed by atoms with Gasteiger partial charge in [0.2, 0.25) is 0 Å². The van der Waals surface area contributed by atoms with Crippen LogP contribution in [0, 0.1) is 15.9 Å². The van der Waals surface area contributed by atoms with Gasteiger partial charge in [0.15, 0.2) is 0 Å². The molecule has 1 aromatic heterocycles. The predicted octanol–water partition coefficient (Wildman–Crippen LogP) is 2.68. The molecule has 0 saturated heterocycles. The molecule has 92 valence electrons. The van der Waals surface area contributed by atoms with Crippen molar-refractivity contribution in [1.29, 1.82) is 0 Å². The summed E-state index contributed by atoms with van der Waals surface area (Å²) in [6.45, 7) is 0. The fraction of sp³-hybridized carbons (Fsp3) is 0. The van der Waals surface area contributed by atoms with Gasteiger partial charge >= 0.3 is 0 Å². The number of nitrogens with zero attached hydrogens (tertiary/aromatic N) is 2. The molecule has 1 heterocycles.